The summed E-state index contributed by atoms with van der Waals surface area (Å²) in [5, 5.41) is 10.9. The van der Waals surface area contributed by atoms with Crippen LogP contribution in [0.15, 0.2) is 78.9 Å². The second-order valence-corrected chi connectivity index (χ2v) is 6.24. The Hall–Kier alpha value is -2.38. The second-order valence-electron chi connectivity index (χ2n) is 6.24. The van der Waals surface area contributed by atoms with Crippen molar-refractivity contribution >= 4 is 0 Å². The van der Waals surface area contributed by atoms with Crippen LogP contribution in [0.1, 0.15) is 35.1 Å². The van der Waals surface area contributed by atoms with Crippen molar-refractivity contribution in [1.82, 2.24) is 0 Å². The summed E-state index contributed by atoms with van der Waals surface area (Å²) in [4.78, 5) is 0. The highest BCUT2D eigenvalue weighted by Gasteiger charge is 2.30. The first-order valence-corrected chi connectivity index (χ1v) is 8.25. The van der Waals surface area contributed by atoms with Crippen molar-refractivity contribution in [1.29, 1.82) is 0 Å². The summed E-state index contributed by atoms with van der Waals surface area (Å²) < 4.78 is 0. The maximum atomic E-state index is 10.9. The third-order valence-electron chi connectivity index (χ3n) is 4.92. The fourth-order valence-electron chi connectivity index (χ4n) is 3.76. The van der Waals surface area contributed by atoms with Gasteiger partial charge in [-0.25, -0.2) is 0 Å². The zero-order valence-corrected chi connectivity index (χ0v) is 13.0. The summed E-state index contributed by atoms with van der Waals surface area (Å²) >= 11 is 0. The second kappa shape index (κ2) is 6.02. The van der Waals surface area contributed by atoms with Crippen molar-refractivity contribution in [2.24, 2.45) is 0 Å². The molecule has 3 aromatic rings. The van der Waals surface area contributed by atoms with E-state index >= 15 is 0 Å². The Labute approximate surface area is 137 Å². The molecular formula is C22H20O. The normalized spacial score (nSPS) is 20.0. The van der Waals surface area contributed by atoms with Gasteiger partial charge in [0, 0.05) is 5.92 Å². The molecule has 114 valence electrons. The molecule has 0 spiro atoms. The van der Waals surface area contributed by atoms with E-state index in [2.05, 4.69) is 66.7 Å². The average molecular weight is 300 g/mol. The number of rotatable bonds is 2. The molecule has 0 saturated heterocycles. The number of fused-ring (bicyclic) bond motifs is 1. The van der Waals surface area contributed by atoms with E-state index in [0.29, 0.717) is 0 Å². The third kappa shape index (κ3) is 2.58. The van der Waals surface area contributed by atoms with Crippen LogP contribution in [0, 0.1) is 0 Å². The number of hydrogen-bond acceptors (Lipinski definition) is 1. The summed E-state index contributed by atoms with van der Waals surface area (Å²) in [7, 11) is 0. The van der Waals surface area contributed by atoms with Crippen molar-refractivity contribution in [2.45, 2.75) is 24.9 Å². The van der Waals surface area contributed by atoms with Gasteiger partial charge in [0.25, 0.3) is 0 Å². The van der Waals surface area contributed by atoms with Crippen LogP contribution in [-0.4, -0.2) is 5.11 Å². The van der Waals surface area contributed by atoms with Crippen LogP contribution in [0.3, 0.4) is 0 Å². The van der Waals surface area contributed by atoms with E-state index in [9.17, 15) is 5.11 Å². The van der Waals surface area contributed by atoms with Crippen LogP contribution in [0.5, 0.6) is 0 Å². The molecule has 0 saturated carbocycles. The summed E-state index contributed by atoms with van der Waals surface area (Å²) in [5.41, 5.74) is 6.08. The quantitative estimate of drug-likeness (QED) is 0.696. The van der Waals surface area contributed by atoms with Gasteiger partial charge in [0.15, 0.2) is 0 Å². The molecule has 1 aliphatic carbocycles. The Morgan fingerprint density at radius 1 is 0.696 bits per heavy atom. The molecule has 23 heavy (non-hydrogen) atoms. The van der Waals surface area contributed by atoms with Crippen molar-refractivity contribution in [3.63, 3.8) is 0 Å². The van der Waals surface area contributed by atoms with Crippen LogP contribution in [0.2, 0.25) is 0 Å². The molecule has 4 rings (SSSR count). The van der Waals surface area contributed by atoms with Crippen LogP contribution >= 0.6 is 0 Å². The average Bonchev–Trinajstić information content (AvgIpc) is 2.63. The van der Waals surface area contributed by atoms with Gasteiger partial charge in [-0.3, -0.25) is 0 Å². The Morgan fingerprint density at radius 3 is 2.17 bits per heavy atom. The topological polar surface area (TPSA) is 20.2 Å². The number of aliphatic hydroxyl groups is 1. The molecule has 3 aromatic carbocycles. The minimum Gasteiger partial charge on any atom is -0.388 e. The van der Waals surface area contributed by atoms with E-state index in [1.54, 1.807) is 0 Å². The molecule has 0 aromatic heterocycles. The molecule has 1 heteroatoms. The van der Waals surface area contributed by atoms with Crippen LogP contribution in [0.25, 0.3) is 11.1 Å². The lowest BCUT2D eigenvalue weighted by molar-refractivity contribution is 0.132. The molecular weight excluding hydrogens is 280 g/mol. The first-order valence-electron chi connectivity index (χ1n) is 8.25. The van der Waals surface area contributed by atoms with Gasteiger partial charge in [-0.05, 0) is 40.7 Å². The molecule has 1 aliphatic rings. The molecule has 0 amide bonds. The molecule has 0 fully saturated rings. The predicted molar refractivity (Wildman–Crippen MR) is 94.3 cm³/mol. The number of aryl methyl sites for hydroxylation is 1. The van der Waals surface area contributed by atoms with Crippen molar-refractivity contribution in [3.8, 4) is 11.1 Å². The Kier molecular flexibility index (Phi) is 3.72. The summed E-state index contributed by atoms with van der Waals surface area (Å²) in [6, 6.07) is 27.2. The highest BCUT2D eigenvalue weighted by atomic mass is 16.3. The molecule has 1 N–H and O–H groups in total. The van der Waals surface area contributed by atoms with Gasteiger partial charge in [0.1, 0.15) is 0 Å². The van der Waals surface area contributed by atoms with Gasteiger partial charge >= 0.3 is 0 Å². The monoisotopic (exact) mass is 300 g/mol. The zero-order chi connectivity index (χ0) is 15.6. The van der Waals surface area contributed by atoms with Gasteiger partial charge in [-0.2, -0.15) is 0 Å². The highest BCUT2D eigenvalue weighted by Crippen LogP contribution is 2.43. The van der Waals surface area contributed by atoms with Gasteiger partial charge in [-0.15, -0.1) is 0 Å². The van der Waals surface area contributed by atoms with Crippen LogP contribution in [-0.2, 0) is 6.42 Å². The Balaban J connectivity index is 1.78. The van der Waals surface area contributed by atoms with Crippen LogP contribution in [0.4, 0.5) is 0 Å². The minimum atomic E-state index is -0.426. The minimum absolute atomic E-state index is 0.154. The summed E-state index contributed by atoms with van der Waals surface area (Å²) in [5.74, 6) is 0.154. The molecule has 0 unspecified atom stereocenters. The molecule has 1 nitrogen and oxygen atoms in total. The SMILES string of the molecule is O[C@H]1c2ccccc2CC[C@H]1c1ccccc1-c1ccccc1. The molecule has 0 bridgehead atoms. The van der Waals surface area contributed by atoms with E-state index in [4.69, 9.17) is 0 Å². The zero-order valence-electron chi connectivity index (χ0n) is 13.0. The fourth-order valence-corrected chi connectivity index (χ4v) is 3.76. The third-order valence-corrected chi connectivity index (χ3v) is 4.92. The van der Waals surface area contributed by atoms with E-state index in [1.165, 1.54) is 22.3 Å². The molecule has 0 aliphatic heterocycles. The maximum absolute atomic E-state index is 10.9. The maximum Gasteiger partial charge on any atom is 0.0861 e. The molecule has 2 atom stereocenters. The van der Waals surface area contributed by atoms with Gasteiger partial charge in [-0.1, -0.05) is 78.9 Å². The Bertz CT molecular complexity index is 807. The van der Waals surface area contributed by atoms with Gasteiger partial charge in [0.05, 0.1) is 6.10 Å². The van der Waals surface area contributed by atoms with E-state index in [1.807, 2.05) is 12.1 Å². The smallest absolute Gasteiger partial charge is 0.0861 e. The Morgan fingerprint density at radius 2 is 1.35 bits per heavy atom. The fraction of sp³-hybridized carbons (Fsp3) is 0.182. The van der Waals surface area contributed by atoms with E-state index in [0.717, 1.165) is 18.4 Å². The number of hydrogen-bond donors (Lipinski definition) is 1. The number of aliphatic hydroxyl groups excluding tert-OH is 1. The molecule has 0 heterocycles. The van der Waals surface area contributed by atoms with Gasteiger partial charge < -0.3 is 5.11 Å². The van der Waals surface area contributed by atoms with Crippen molar-refractivity contribution < 1.29 is 5.11 Å². The molecule has 0 radical (unpaired) electrons. The van der Waals surface area contributed by atoms with Crippen LogP contribution < -0.4 is 0 Å². The predicted octanol–water partition coefficient (Wildman–Crippen LogP) is 5.12. The lowest BCUT2D eigenvalue weighted by atomic mass is 9.76. The number of benzene rings is 3. The highest BCUT2D eigenvalue weighted by molar-refractivity contribution is 5.68. The first kappa shape index (κ1) is 14.2. The van der Waals surface area contributed by atoms with E-state index < -0.39 is 6.10 Å². The lowest BCUT2D eigenvalue weighted by Crippen LogP contribution is -2.19. The summed E-state index contributed by atoms with van der Waals surface area (Å²) in [6.07, 6.45) is 1.59. The first-order chi connectivity index (χ1) is 11.3. The van der Waals surface area contributed by atoms with E-state index in [-0.39, 0.29) is 5.92 Å². The van der Waals surface area contributed by atoms with Crippen molar-refractivity contribution in [3.05, 3.63) is 95.6 Å². The largest absolute Gasteiger partial charge is 0.388 e. The summed E-state index contributed by atoms with van der Waals surface area (Å²) in [6.45, 7) is 0. The lowest BCUT2D eigenvalue weighted by Gasteiger charge is -2.31. The standard InChI is InChI=1S/C22H20O/c23-22-19-12-5-4-10-17(19)14-15-21(22)20-13-7-6-11-18(20)16-8-2-1-3-9-16/h1-13,21-23H,14-15H2/t21-,22-/m0/s1. The van der Waals surface area contributed by atoms with Gasteiger partial charge in [0.2, 0.25) is 0 Å². The van der Waals surface area contributed by atoms with Crippen molar-refractivity contribution in [2.75, 3.05) is 0 Å².